The van der Waals surface area contributed by atoms with Crippen molar-refractivity contribution in [2.75, 3.05) is 13.7 Å². The molecule has 0 radical (unpaired) electrons. The first-order chi connectivity index (χ1) is 9.65. The van der Waals surface area contributed by atoms with Crippen LogP contribution in [0.25, 0.3) is 11.1 Å². The normalized spacial score (nSPS) is 10.6. The third kappa shape index (κ3) is 3.14. The highest BCUT2D eigenvalue weighted by atomic mass is 19.1. The Morgan fingerprint density at radius 2 is 1.65 bits per heavy atom. The molecule has 0 aliphatic heterocycles. The predicted octanol–water partition coefficient (Wildman–Crippen LogP) is 3.75. The highest BCUT2D eigenvalue weighted by Crippen LogP contribution is 2.26. The summed E-state index contributed by atoms with van der Waals surface area (Å²) in [7, 11) is 1.41. The average Bonchev–Trinajstić information content (AvgIpc) is 2.46. The second kappa shape index (κ2) is 6.48. The lowest BCUT2D eigenvalue weighted by molar-refractivity contribution is 0.386. The average molecular weight is 277 g/mol. The first-order valence-electron chi connectivity index (χ1n) is 6.48. The van der Waals surface area contributed by atoms with Crippen molar-refractivity contribution in [1.29, 1.82) is 0 Å². The molecule has 0 saturated carbocycles. The third-order valence-corrected chi connectivity index (χ3v) is 3.10. The van der Waals surface area contributed by atoms with E-state index in [0.29, 0.717) is 23.2 Å². The maximum absolute atomic E-state index is 13.9. The molecule has 2 aromatic rings. The van der Waals surface area contributed by atoms with Crippen LogP contribution < -0.4 is 10.1 Å². The van der Waals surface area contributed by atoms with Gasteiger partial charge in [0.25, 0.3) is 0 Å². The molecule has 2 aromatic carbocycles. The summed E-state index contributed by atoms with van der Waals surface area (Å²) in [6.45, 7) is 3.23. The fraction of sp³-hybridized carbons (Fsp3) is 0.250. The number of benzene rings is 2. The van der Waals surface area contributed by atoms with Crippen molar-refractivity contribution in [2.45, 2.75) is 13.5 Å². The van der Waals surface area contributed by atoms with Gasteiger partial charge < -0.3 is 10.1 Å². The highest BCUT2D eigenvalue weighted by Gasteiger charge is 2.08. The number of nitrogens with one attached hydrogen (secondary N) is 1. The van der Waals surface area contributed by atoms with Crippen LogP contribution in [-0.4, -0.2) is 13.7 Å². The van der Waals surface area contributed by atoms with E-state index in [0.717, 1.165) is 6.54 Å². The Kier molecular flexibility index (Phi) is 4.69. The Balaban J connectivity index is 2.29. The first-order valence-corrected chi connectivity index (χ1v) is 6.48. The third-order valence-electron chi connectivity index (χ3n) is 3.10. The van der Waals surface area contributed by atoms with Gasteiger partial charge in [-0.2, -0.15) is 0 Å². The van der Waals surface area contributed by atoms with Crippen molar-refractivity contribution < 1.29 is 13.5 Å². The van der Waals surface area contributed by atoms with E-state index < -0.39 is 5.82 Å². The van der Waals surface area contributed by atoms with Gasteiger partial charge in [0.2, 0.25) is 0 Å². The van der Waals surface area contributed by atoms with E-state index in [9.17, 15) is 8.78 Å². The van der Waals surface area contributed by atoms with E-state index >= 15 is 0 Å². The summed E-state index contributed by atoms with van der Waals surface area (Å²) < 4.78 is 32.5. The summed E-state index contributed by atoms with van der Waals surface area (Å²) in [5, 5.41) is 3.07. The van der Waals surface area contributed by atoms with Crippen LogP contribution in [0.5, 0.6) is 5.75 Å². The Morgan fingerprint density at radius 3 is 2.20 bits per heavy atom. The van der Waals surface area contributed by atoms with Crippen molar-refractivity contribution in [3.05, 3.63) is 53.6 Å². The number of halogens is 2. The maximum Gasteiger partial charge on any atom is 0.165 e. The van der Waals surface area contributed by atoms with Crippen LogP contribution in [0, 0.1) is 11.6 Å². The summed E-state index contributed by atoms with van der Waals surface area (Å²) >= 11 is 0. The summed E-state index contributed by atoms with van der Waals surface area (Å²) in [5.41, 5.74) is 1.87. The Morgan fingerprint density at radius 1 is 1.00 bits per heavy atom. The fourth-order valence-corrected chi connectivity index (χ4v) is 1.98. The Labute approximate surface area is 117 Å². The predicted molar refractivity (Wildman–Crippen MR) is 75.7 cm³/mol. The molecule has 0 amide bonds. The van der Waals surface area contributed by atoms with Gasteiger partial charge in [0.15, 0.2) is 11.6 Å². The molecular formula is C16H17F2NO. The SMILES string of the molecule is CCNCc1ccc(-c2ccc(OC)c(F)c2)cc1F. The fourth-order valence-electron chi connectivity index (χ4n) is 1.98. The topological polar surface area (TPSA) is 21.3 Å². The van der Waals surface area contributed by atoms with E-state index in [1.807, 2.05) is 6.92 Å². The van der Waals surface area contributed by atoms with E-state index in [1.165, 1.54) is 25.3 Å². The van der Waals surface area contributed by atoms with Gasteiger partial charge in [-0.05, 0) is 35.9 Å². The molecule has 0 heterocycles. The van der Waals surface area contributed by atoms with Crippen LogP contribution in [0.15, 0.2) is 36.4 Å². The Bertz CT molecular complexity index is 599. The number of methoxy groups -OCH3 is 1. The molecule has 2 nitrogen and oxygen atoms in total. The minimum Gasteiger partial charge on any atom is -0.494 e. The van der Waals surface area contributed by atoms with Gasteiger partial charge in [-0.1, -0.05) is 25.1 Å². The van der Waals surface area contributed by atoms with E-state index in [4.69, 9.17) is 4.74 Å². The molecule has 106 valence electrons. The van der Waals surface area contributed by atoms with Crippen molar-refractivity contribution in [3.63, 3.8) is 0 Å². The molecule has 0 atom stereocenters. The second-order valence-electron chi connectivity index (χ2n) is 4.44. The summed E-state index contributed by atoms with van der Waals surface area (Å²) in [6, 6.07) is 9.52. The molecule has 0 fully saturated rings. The molecule has 0 saturated heterocycles. The number of ether oxygens (including phenoxy) is 1. The smallest absolute Gasteiger partial charge is 0.165 e. The molecule has 0 aliphatic rings. The molecule has 1 N–H and O–H groups in total. The molecule has 0 aromatic heterocycles. The maximum atomic E-state index is 13.9. The van der Waals surface area contributed by atoms with Crippen molar-refractivity contribution >= 4 is 0 Å². The van der Waals surface area contributed by atoms with Crippen LogP contribution in [0.2, 0.25) is 0 Å². The quantitative estimate of drug-likeness (QED) is 0.898. The molecule has 0 bridgehead atoms. The van der Waals surface area contributed by atoms with Crippen LogP contribution in [-0.2, 0) is 6.54 Å². The largest absolute Gasteiger partial charge is 0.494 e. The van der Waals surface area contributed by atoms with E-state index in [-0.39, 0.29) is 11.6 Å². The van der Waals surface area contributed by atoms with Crippen molar-refractivity contribution in [3.8, 4) is 16.9 Å². The van der Waals surface area contributed by atoms with Gasteiger partial charge in [-0.3, -0.25) is 0 Å². The second-order valence-corrected chi connectivity index (χ2v) is 4.44. The summed E-state index contributed by atoms with van der Waals surface area (Å²) in [5.74, 6) is -0.570. The van der Waals surface area contributed by atoms with E-state index in [1.54, 1.807) is 18.2 Å². The minimum absolute atomic E-state index is 0.179. The lowest BCUT2D eigenvalue weighted by Gasteiger charge is -2.08. The minimum atomic E-state index is -0.456. The molecule has 0 aliphatic carbocycles. The lowest BCUT2D eigenvalue weighted by atomic mass is 10.0. The van der Waals surface area contributed by atoms with Gasteiger partial charge in [-0.15, -0.1) is 0 Å². The molecule has 0 unspecified atom stereocenters. The van der Waals surface area contributed by atoms with Crippen molar-refractivity contribution in [1.82, 2.24) is 5.32 Å². The van der Waals surface area contributed by atoms with Gasteiger partial charge in [0.1, 0.15) is 5.82 Å². The van der Waals surface area contributed by atoms with E-state index in [2.05, 4.69) is 5.32 Å². The Hall–Kier alpha value is -1.94. The van der Waals surface area contributed by atoms with Gasteiger partial charge in [0, 0.05) is 12.1 Å². The molecule has 0 spiro atoms. The van der Waals surface area contributed by atoms with Gasteiger partial charge in [0.05, 0.1) is 7.11 Å². The molecule has 2 rings (SSSR count). The zero-order valence-corrected chi connectivity index (χ0v) is 11.5. The number of rotatable bonds is 5. The first kappa shape index (κ1) is 14.5. The number of hydrogen-bond acceptors (Lipinski definition) is 2. The van der Waals surface area contributed by atoms with Gasteiger partial charge in [-0.25, -0.2) is 8.78 Å². The molecule has 4 heteroatoms. The highest BCUT2D eigenvalue weighted by molar-refractivity contribution is 5.65. The zero-order valence-electron chi connectivity index (χ0n) is 11.5. The van der Waals surface area contributed by atoms with Crippen LogP contribution in [0.3, 0.4) is 0 Å². The molecule has 20 heavy (non-hydrogen) atoms. The molecular weight excluding hydrogens is 260 g/mol. The van der Waals surface area contributed by atoms with Crippen LogP contribution in [0.1, 0.15) is 12.5 Å². The number of hydrogen-bond donors (Lipinski definition) is 1. The van der Waals surface area contributed by atoms with Crippen LogP contribution in [0.4, 0.5) is 8.78 Å². The van der Waals surface area contributed by atoms with Crippen molar-refractivity contribution in [2.24, 2.45) is 0 Å². The summed E-state index contributed by atoms with van der Waals surface area (Å²) in [4.78, 5) is 0. The summed E-state index contributed by atoms with van der Waals surface area (Å²) in [6.07, 6.45) is 0. The standard InChI is InChI=1S/C16H17F2NO/c1-3-19-10-13-5-4-11(8-14(13)17)12-6-7-16(20-2)15(18)9-12/h4-9,19H,3,10H2,1-2H3. The monoisotopic (exact) mass is 277 g/mol. The zero-order chi connectivity index (χ0) is 14.5. The van der Waals surface area contributed by atoms with Crippen LogP contribution >= 0.6 is 0 Å². The van der Waals surface area contributed by atoms with Gasteiger partial charge >= 0.3 is 0 Å². The lowest BCUT2D eigenvalue weighted by Crippen LogP contribution is -2.12.